The van der Waals surface area contributed by atoms with Crippen molar-refractivity contribution < 1.29 is 0 Å². The van der Waals surface area contributed by atoms with Gasteiger partial charge in [-0.3, -0.25) is 0 Å². The molecule has 0 fully saturated rings. The molecule has 0 aliphatic carbocycles. The minimum absolute atomic E-state index is 0.567. The van der Waals surface area contributed by atoms with Crippen LogP contribution in [0.2, 0.25) is 0 Å². The maximum Gasteiger partial charge on any atom is 0.0476 e. The molecule has 0 saturated carbocycles. The van der Waals surface area contributed by atoms with E-state index in [-0.39, 0.29) is 0 Å². The lowest BCUT2D eigenvalue weighted by atomic mass is 10.2. The largest absolute Gasteiger partial charge is 0.310 e. The molecule has 0 aromatic carbocycles. The number of hydrogen-bond donors (Lipinski definition) is 3. The summed E-state index contributed by atoms with van der Waals surface area (Å²) < 4.78 is 0. The number of nitrogens with one attached hydrogen (secondary N) is 3. The minimum Gasteiger partial charge on any atom is -0.310 e. The van der Waals surface area contributed by atoms with Gasteiger partial charge in [-0.15, -0.1) is 0 Å². The lowest BCUT2D eigenvalue weighted by Gasteiger charge is -2.03. The predicted octanol–water partition coefficient (Wildman–Crippen LogP) is 0.0962. The summed E-state index contributed by atoms with van der Waals surface area (Å²) >= 11 is 0. The molecule has 1 aliphatic rings. The summed E-state index contributed by atoms with van der Waals surface area (Å²) in [5.41, 5.74) is 9.75. The molecule has 3 heteroatoms. The van der Waals surface area contributed by atoms with Gasteiger partial charge in [0, 0.05) is 11.9 Å². The molecule has 0 aromatic heterocycles. The van der Waals surface area contributed by atoms with Crippen molar-refractivity contribution in [1.29, 1.82) is 0 Å². The quantitative estimate of drug-likeness (QED) is 0.451. The molecule has 3 N–H and O–H groups in total. The van der Waals surface area contributed by atoms with E-state index in [0.717, 1.165) is 0 Å². The highest BCUT2D eigenvalue weighted by molar-refractivity contribution is 5.02. The second kappa shape index (κ2) is 2.05. The van der Waals surface area contributed by atoms with Crippen molar-refractivity contribution in [3.05, 3.63) is 11.9 Å². The Balaban J connectivity index is 2.45. The monoisotopic (exact) mass is 113 g/mol. The Hall–Kier alpha value is -0.700. The summed E-state index contributed by atoms with van der Waals surface area (Å²) in [5, 5.41) is 0. The van der Waals surface area contributed by atoms with Crippen LogP contribution in [0.5, 0.6) is 0 Å². The van der Waals surface area contributed by atoms with Gasteiger partial charge >= 0.3 is 0 Å². The summed E-state index contributed by atoms with van der Waals surface area (Å²) in [7, 11) is 0. The smallest absolute Gasteiger partial charge is 0.0476 e. The average Bonchev–Trinajstić information content (AvgIpc) is 2.12. The number of allylic oxidation sites excluding steroid dienone is 1. The van der Waals surface area contributed by atoms with Gasteiger partial charge < -0.3 is 10.9 Å². The van der Waals surface area contributed by atoms with Gasteiger partial charge in [-0.25, -0.2) is 0 Å². The third-order valence-corrected chi connectivity index (χ3v) is 1.13. The SMILES string of the molecule is CC(C)C1=CNNN1. The van der Waals surface area contributed by atoms with Gasteiger partial charge in [0.2, 0.25) is 0 Å². The fourth-order valence-electron chi connectivity index (χ4n) is 0.569. The molecule has 1 aliphatic heterocycles. The second-order valence-electron chi connectivity index (χ2n) is 2.15. The first-order valence-electron chi connectivity index (χ1n) is 2.77. The Morgan fingerprint density at radius 3 is 2.50 bits per heavy atom. The Bertz CT molecular complexity index is 106. The fourth-order valence-corrected chi connectivity index (χ4v) is 0.569. The molecule has 0 amide bonds. The number of hydrazine groups is 2. The van der Waals surface area contributed by atoms with Crippen LogP contribution in [0.3, 0.4) is 0 Å². The third-order valence-electron chi connectivity index (χ3n) is 1.13. The van der Waals surface area contributed by atoms with E-state index in [2.05, 4.69) is 30.2 Å². The van der Waals surface area contributed by atoms with Crippen molar-refractivity contribution in [2.24, 2.45) is 5.92 Å². The first-order valence-corrected chi connectivity index (χ1v) is 2.77. The van der Waals surface area contributed by atoms with Crippen LogP contribution in [0, 0.1) is 5.92 Å². The van der Waals surface area contributed by atoms with Crippen LogP contribution in [0.4, 0.5) is 0 Å². The van der Waals surface area contributed by atoms with E-state index in [0.29, 0.717) is 5.92 Å². The topological polar surface area (TPSA) is 36.1 Å². The van der Waals surface area contributed by atoms with Crippen LogP contribution in [-0.4, -0.2) is 0 Å². The standard InChI is InChI=1S/C5H11N3/c1-4(2)5-3-6-8-7-5/h3-4,6-8H,1-2H3. The molecular weight excluding hydrogens is 102 g/mol. The van der Waals surface area contributed by atoms with E-state index in [1.165, 1.54) is 5.70 Å². The lowest BCUT2D eigenvalue weighted by Crippen LogP contribution is -2.32. The molecule has 3 nitrogen and oxygen atoms in total. The van der Waals surface area contributed by atoms with Gasteiger partial charge in [-0.1, -0.05) is 13.8 Å². The van der Waals surface area contributed by atoms with Crippen molar-refractivity contribution in [3.63, 3.8) is 0 Å². The maximum absolute atomic E-state index is 2.96. The molecule has 1 rings (SSSR count). The first kappa shape index (κ1) is 5.44. The van der Waals surface area contributed by atoms with Crippen LogP contribution >= 0.6 is 0 Å². The summed E-state index contributed by atoms with van der Waals surface area (Å²) in [5.74, 6) is 0.567. The molecule has 0 unspecified atom stereocenters. The molecule has 1 heterocycles. The Morgan fingerprint density at radius 1 is 1.50 bits per heavy atom. The Kier molecular flexibility index (Phi) is 1.39. The molecule has 0 atom stereocenters. The third kappa shape index (κ3) is 0.924. The van der Waals surface area contributed by atoms with Gasteiger partial charge in [0.1, 0.15) is 0 Å². The Labute approximate surface area is 49.1 Å². The highest BCUT2D eigenvalue weighted by atomic mass is 15.6. The van der Waals surface area contributed by atoms with Crippen molar-refractivity contribution in [1.82, 2.24) is 16.4 Å². The molecular formula is C5H11N3. The van der Waals surface area contributed by atoms with Crippen molar-refractivity contribution in [3.8, 4) is 0 Å². The second-order valence-corrected chi connectivity index (χ2v) is 2.15. The summed E-state index contributed by atoms with van der Waals surface area (Å²) in [4.78, 5) is 0. The predicted molar refractivity (Wildman–Crippen MR) is 32.3 cm³/mol. The maximum atomic E-state index is 2.96. The zero-order valence-electron chi connectivity index (χ0n) is 5.15. The molecule has 0 saturated heterocycles. The van der Waals surface area contributed by atoms with E-state index in [9.17, 15) is 0 Å². The van der Waals surface area contributed by atoms with Crippen molar-refractivity contribution in [2.45, 2.75) is 13.8 Å². The van der Waals surface area contributed by atoms with E-state index >= 15 is 0 Å². The van der Waals surface area contributed by atoms with Crippen LogP contribution < -0.4 is 16.4 Å². The van der Waals surface area contributed by atoms with Crippen molar-refractivity contribution in [2.75, 3.05) is 0 Å². The average molecular weight is 113 g/mol. The van der Waals surface area contributed by atoms with Crippen LogP contribution in [0.1, 0.15) is 13.8 Å². The summed E-state index contributed by atoms with van der Waals surface area (Å²) in [6.45, 7) is 4.26. The van der Waals surface area contributed by atoms with E-state index in [1.54, 1.807) is 0 Å². The summed E-state index contributed by atoms with van der Waals surface area (Å²) in [6, 6.07) is 0. The van der Waals surface area contributed by atoms with Crippen LogP contribution in [0.15, 0.2) is 11.9 Å². The van der Waals surface area contributed by atoms with Gasteiger partial charge in [0.25, 0.3) is 0 Å². The number of hydrogen-bond acceptors (Lipinski definition) is 3. The van der Waals surface area contributed by atoms with Gasteiger partial charge in [-0.2, -0.15) is 5.53 Å². The molecule has 0 bridgehead atoms. The molecule has 0 radical (unpaired) electrons. The number of rotatable bonds is 1. The van der Waals surface area contributed by atoms with E-state index in [1.807, 2.05) is 6.20 Å². The minimum atomic E-state index is 0.567. The van der Waals surface area contributed by atoms with Gasteiger partial charge in [-0.05, 0) is 5.92 Å². The normalized spacial score (nSPS) is 17.6. The van der Waals surface area contributed by atoms with Crippen LogP contribution in [-0.2, 0) is 0 Å². The highest BCUT2D eigenvalue weighted by Crippen LogP contribution is 2.03. The zero-order valence-corrected chi connectivity index (χ0v) is 5.15. The van der Waals surface area contributed by atoms with Gasteiger partial charge in [0.05, 0.1) is 0 Å². The Morgan fingerprint density at radius 2 is 2.25 bits per heavy atom. The molecule has 0 spiro atoms. The molecule has 0 aromatic rings. The fraction of sp³-hybridized carbons (Fsp3) is 0.600. The molecule has 46 valence electrons. The van der Waals surface area contributed by atoms with E-state index < -0.39 is 0 Å². The van der Waals surface area contributed by atoms with Gasteiger partial charge in [0.15, 0.2) is 0 Å². The zero-order chi connectivity index (χ0) is 5.98. The summed E-state index contributed by atoms with van der Waals surface area (Å²) in [6.07, 6.45) is 1.92. The lowest BCUT2D eigenvalue weighted by molar-refractivity contribution is 0.564. The van der Waals surface area contributed by atoms with E-state index in [4.69, 9.17) is 0 Å². The van der Waals surface area contributed by atoms with Crippen molar-refractivity contribution >= 4 is 0 Å². The highest BCUT2D eigenvalue weighted by Gasteiger charge is 2.04. The molecule has 8 heavy (non-hydrogen) atoms. The van der Waals surface area contributed by atoms with Crippen LogP contribution in [0.25, 0.3) is 0 Å². The first-order chi connectivity index (χ1) is 3.80.